The lowest BCUT2D eigenvalue weighted by Gasteiger charge is -2.16. The van der Waals surface area contributed by atoms with Crippen LogP contribution >= 0.6 is 23.5 Å². The Morgan fingerprint density at radius 2 is 2.33 bits per heavy atom. The lowest BCUT2D eigenvalue weighted by molar-refractivity contribution is 0.584. The van der Waals surface area contributed by atoms with Crippen LogP contribution in [0, 0.1) is 0 Å². The molecule has 2 atom stereocenters. The van der Waals surface area contributed by atoms with Crippen LogP contribution in [-0.4, -0.2) is 23.8 Å². The van der Waals surface area contributed by atoms with Gasteiger partial charge in [-0.05, 0) is 17.9 Å². The van der Waals surface area contributed by atoms with E-state index in [1.54, 1.807) is 0 Å². The monoisotopic (exact) mass is 239 g/mol. The topological polar surface area (TPSA) is 12.0 Å². The molecule has 0 fully saturated rings. The maximum atomic E-state index is 3.65. The van der Waals surface area contributed by atoms with Crippen molar-refractivity contribution in [2.45, 2.75) is 23.1 Å². The van der Waals surface area contributed by atoms with Crippen molar-refractivity contribution in [3.8, 4) is 0 Å². The molecule has 1 aliphatic rings. The van der Waals surface area contributed by atoms with E-state index in [4.69, 9.17) is 0 Å². The number of benzene rings is 1. The van der Waals surface area contributed by atoms with Crippen molar-refractivity contribution in [3.05, 3.63) is 29.8 Å². The van der Waals surface area contributed by atoms with E-state index in [2.05, 4.69) is 42.8 Å². The summed E-state index contributed by atoms with van der Waals surface area (Å²) < 4.78 is 0. The molecule has 15 heavy (non-hydrogen) atoms. The normalized spacial score (nSPS) is 21.3. The van der Waals surface area contributed by atoms with Gasteiger partial charge in [-0.25, -0.2) is 0 Å². The standard InChI is InChI=1S/C12H17NS2/c1-9(14-2)7-13-11-8-15-12-6-4-3-5-10(11)12/h3-6,9,11,13H,7-8H2,1-2H3. The third-order valence-electron chi connectivity index (χ3n) is 2.75. The molecule has 0 bridgehead atoms. The maximum Gasteiger partial charge on any atom is 0.0426 e. The number of hydrogen-bond acceptors (Lipinski definition) is 3. The van der Waals surface area contributed by atoms with Crippen LogP contribution in [0.2, 0.25) is 0 Å². The Morgan fingerprint density at radius 3 is 3.13 bits per heavy atom. The SMILES string of the molecule is CSC(C)CNC1CSc2ccccc21. The van der Waals surface area contributed by atoms with Crippen molar-refractivity contribution < 1.29 is 0 Å². The molecule has 1 heterocycles. The number of nitrogens with one attached hydrogen (secondary N) is 1. The minimum absolute atomic E-state index is 0.556. The first kappa shape index (κ1) is 11.4. The van der Waals surface area contributed by atoms with Crippen LogP contribution < -0.4 is 5.32 Å². The Labute approximate surface area is 100 Å². The molecule has 82 valence electrons. The molecule has 1 aromatic carbocycles. The molecule has 0 saturated heterocycles. The van der Waals surface area contributed by atoms with Gasteiger partial charge in [-0.3, -0.25) is 0 Å². The van der Waals surface area contributed by atoms with E-state index in [1.165, 1.54) is 16.2 Å². The van der Waals surface area contributed by atoms with E-state index in [9.17, 15) is 0 Å². The van der Waals surface area contributed by atoms with Crippen molar-refractivity contribution in [1.29, 1.82) is 0 Å². The van der Waals surface area contributed by atoms with Gasteiger partial charge in [0.05, 0.1) is 0 Å². The summed E-state index contributed by atoms with van der Waals surface area (Å²) in [7, 11) is 0. The van der Waals surface area contributed by atoms with Crippen LogP contribution in [0.1, 0.15) is 18.5 Å². The Hall–Kier alpha value is -0.120. The first-order valence-corrected chi connectivity index (χ1v) is 7.56. The minimum atomic E-state index is 0.556. The van der Waals surface area contributed by atoms with E-state index in [1.807, 2.05) is 23.5 Å². The van der Waals surface area contributed by atoms with E-state index in [-0.39, 0.29) is 0 Å². The largest absolute Gasteiger partial charge is 0.308 e. The zero-order valence-corrected chi connectivity index (χ0v) is 10.8. The zero-order chi connectivity index (χ0) is 10.7. The van der Waals surface area contributed by atoms with Crippen molar-refractivity contribution >= 4 is 23.5 Å². The van der Waals surface area contributed by atoms with E-state index in [0.29, 0.717) is 11.3 Å². The molecule has 0 saturated carbocycles. The molecule has 0 radical (unpaired) electrons. The Bertz CT molecular complexity index is 327. The molecule has 2 unspecified atom stereocenters. The van der Waals surface area contributed by atoms with Crippen LogP contribution in [0.3, 0.4) is 0 Å². The molecule has 0 aromatic heterocycles. The summed E-state index contributed by atoms with van der Waals surface area (Å²) in [5, 5.41) is 4.34. The van der Waals surface area contributed by atoms with Crippen LogP contribution in [0.25, 0.3) is 0 Å². The molecule has 0 spiro atoms. The number of rotatable bonds is 4. The van der Waals surface area contributed by atoms with E-state index < -0.39 is 0 Å². The lowest BCUT2D eigenvalue weighted by atomic mass is 10.1. The van der Waals surface area contributed by atoms with Gasteiger partial charge in [0.25, 0.3) is 0 Å². The van der Waals surface area contributed by atoms with Gasteiger partial charge < -0.3 is 5.32 Å². The third-order valence-corrected chi connectivity index (χ3v) is 4.91. The van der Waals surface area contributed by atoms with Crippen LogP contribution in [-0.2, 0) is 0 Å². The van der Waals surface area contributed by atoms with Crippen LogP contribution in [0.5, 0.6) is 0 Å². The summed E-state index contributed by atoms with van der Waals surface area (Å²) in [6.45, 7) is 3.37. The van der Waals surface area contributed by atoms with Crippen LogP contribution in [0.4, 0.5) is 0 Å². The number of fused-ring (bicyclic) bond motifs is 1. The van der Waals surface area contributed by atoms with Gasteiger partial charge in [0.1, 0.15) is 0 Å². The smallest absolute Gasteiger partial charge is 0.0426 e. The van der Waals surface area contributed by atoms with Gasteiger partial charge in [0.15, 0.2) is 0 Å². The summed E-state index contributed by atoms with van der Waals surface area (Å²) >= 11 is 3.89. The highest BCUT2D eigenvalue weighted by atomic mass is 32.2. The highest BCUT2D eigenvalue weighted by molar-refractivity contribution is 7.99. The second-order valence-corrected chi connectivity index (χ2v) is 6.19. The van der Waals surface area contributed by atoms with Gasteiger partial charge in [-0.15, -0.1) is 11.8 Å². The Balaban J connectivity index is 1.96. The fourth-order valence-corrected chi connectivity index (χ4v) is 3.18. The van der Waals surface area contributed by atoms with E-state index >= 15 is 0 Å². The average molecular weight is 239 g/mol. The molecule has 1 aliphatic heterocycles. The number of hydrogen-bond donors (Lipinski definition) is 1. The fourth-order valence-electron chi connectivity index (χ4n) is 1.72. The molecular formula is C12H17NS2. The summed E-state index contributed by atoms with van der Waals surface area (Å²) in [5.74, 6) is 1.18. The molecule has 0 amide bonds. The third kappa shape index (κ3) is 2.71. The zero-order valence-electron chi connectivity index (χ0n) is 9.19. The van der Waals surface area contributed by atoms with Gasteiger partial charge in [0.2, 0.25) is 0 Å². The minimum Gasteiger partial charge on any atom is -0.308 e. The fraction of sp³-hybridized carbons (Fsp3) is 0.500. The first-order chi connectivity index (χ1) is 7.31. The van der Waals surface area contributed by atoms with Crippen molar-refractivity contribution in [2.24, 2.45) is 0 Å². The second kappa shape index (κ2) is 5.28. The van der Waals surface area contributed by atoms with Gasteiger partial charge in [-0.1, -0.05) is 25.1 Å². The number of thioether (sulfide) groups is 2. The van der Waals surface area contributed by atoms with Crippen molar-refractivity contribution in [2.75, 3.05) is 18.6 Å². The summed E-state index contributed by atoms with van der Waals surface area (Å²) in [4.78, 5) is 1.45. The highest BCUT2D eigenvalue weighted by Gasteiger charge is 2.22. The van der Waals surface area contributed by atoms with Gasteiger partial charge in [0, 0.05) is 28.5 Å². The van der Waals surface area contributed by atoms with Crippen molar-refractivity contribution in [1.82, 2.24) is 5.32 Å². The predicted molar refractivity (Wildman–Crippen MR) is 70.9 cm³/mol. The Kier molecular flexibility index (Phi) is 4.00. The molecule has 0 aliphatic carbocycles. The predicted octanol–water partition coefficient (Wildman–Crippen LogP) is 3.17. The molecule has 1 nitrogen and oxygen atoms in total. The Morgan fingerprint density at radius 1 is 1.53 bits per heavy atom. The highest BCUT2D eigenvalue weighted by Crippen LogP contribution is 2.37. The quantitative estimate of drug-likeness (QED) is 0.867. The van der Waals surface area contributed by atoms with Crippen molar-refractivity contribution in [3.63, 3.8) is 0 Å². The summed E-state index contributed by atoms with van der Waals surface area (Å²) in [5.41, 5.74) is 1.48. The van der Waals surface area contributed by atoms with Crippen LogP contribution in [0.15, 0.2) is 29.2 Å². The molecule has 1 N–H and O–H groups in total. The maximum absolute atomic E-state index is 3.65. The lowest BCUT2D eigenvalue weighted by Crippen LogP contribution is -2.27. The summed E-state index contributed by atoms with van der Waals surface area (Å²) in [6, 6.07) is 9.29. The summed E-state index contributed by atoms with van der Waals surface area (Å²) in [6.07, 6.45) is 2.17. The second-order valence-electron chi connectivity index (χ2n) is 3.86. The first-order valence-electron chi connectivity index (χ1n) is 5.29. The molecular weight excluding hydrogens is 222 g/mol. The van der Waals surface area contributed by atoms with Gasteiger partial charge >= 0.3 is 0 Å². The molecule has 2 rings (SSSR count). The molecule has 3 heteroatoms. The van der Waals surface area contributed by atoms with E-state index in [0.717, 1.165) is 6.54 Å². The van der Waals surface area contributed by atoms with Gasteiger partial charge in [-0.2, -0.15) is 11.8 Å². The average Bonchev–Trinajstić information content (AvgIpc) is 2.69. The molecule has 1 aromatic rings.